The summed E-state index contributed by atoms with van der Waals surface area (Å²) >= 11 is 0. The Bertz CT molecular complexity index is 1590. The molecule has 216 valence electrons. The third kappa shape index (κ3) is 5.55. The zero-order valence-electron chi connectivity index (χ0n) is 25.4. The molecule has 4 aromatic rings. The van der Waals surface area contributed by atoms with Crippen molar-refractivity contribution >= 4 is 28.7 Å². The highest BCUT2D eigenvalue weighted by Crippen LogP contribution is 2.45. The predicted octanol–water partition coefficient (Wildman–Crippen LogP) is 7.19. The molecule has 1 atom stereocenters. The molecule has 0 spiro atoms. The third-order valence-electron chi connectivity index (χ3n) is 7.60. The molecule has 1 aliphatic heterocycles. The van der Waals surface area contributed by atoms with Crippen LogP contribution in [-0.2, 0) is 11.4 Å². The van der Waals surface area contributed by atoms with E-state index in [1.165, 1.54) is 16.7 Å². The molecule has 7 heteroatoms. The highest BCUT2D eigenvalue weighted by molar-refractivity contribution is 6.44. The molecule has 4 aromatic carbocycles. The summed E-state index contributed by atoms with van der Waals surface area (Å²) in [7, 11) is 5.66. The Hall–Kier alpha value is -4.78. The summed E-state index contributed by atoms with van der Waals surface area (Å²) in [5.41, 5.74) is 8.31. The molecule has 0 saturated heterocycles. The van der Waals surface area contributed by atoms with E-state index in [2.05, 4.69) is 32.9 Å². The van der Waals surface area contributed by atoms with Crippen LogP contribution in [-0.4, -0.2) is 32.8 Å². The molecule has 0 bridgehead atoms. The lowest BCUT2D eigenvalue weighted by Crippen LogP contribution is -2.38. The second-order valence-corrected chi connectivity index (χ2v) is 10.9. The van der Waals surface area contributed by atoms with Gasteiger partial charge in [-0.25, -0.2) is 5.01 Å². The standard InChI is InChI=1S/C35H38N4O3/c1-23-20-24(2)31(25(3)21-23)22-42-33-30(14-11-15-32(33)41-7)35-38(28-18-16-27(17-19-28)37(5)6)34(26(4)40)36-39(35)29-12-9-8-10-13-29/h8-21,35H,22H2,1-7H3. The Morgan fingerprint density at radius 1 is 0.881 bits per heavy atom. The molecule has 0 fully saturated rings. The Morgan fingerprint density at radius 2 is 1.55 bits per heavy atom. The van der Waals surface area contributed by atoms with Crippen LogP contribution in [0.4, 0.5) is 17.1 Å². The molecular weight excluding hydrogens is 524 g/mol. The van der Waals surface area contributed by atoms with Crippen LogP contribution in [0.2, 0.25) is 0 Å². The van der Waals surface area contributed by atoms with Crippen LogP contribution in [0.1, 0.15) is 40.9 Å². The van der Waals surface area contributed by atoms with Gasteiger partial charge in [0, 0.05) is 38.0 Å². The van der Waals surface area contributed by atoms with E-state index < -0.39 is 6.17 Å². The molecule has 0 saturated carbocycles. The Labute approximate surface area is 248 Å². The van der Waals surface area contributed by atoms with Crippen molar-refractivity contribution < 1.29 is 14.3 Å². The van der Waals surface area contributed by atoms with Crippen LogP contribution in [0.15, 0.2) is 90.0 Å². The van der Waals surface area contributed by atoms with Gasteiger partial charge in [-0.3, -0.25) is 9.69 Å². The van der Waals surface area contributed by atoms with Crippen molar-refractivity contribution in [3.8, 4) is 11.5 Å². The topological polar surface area (TPSA) is 57.6 Å². The van der Waals surface area contributed by atoms with Crippen LogP contribution >= 0.6 is 0 Å². The number of hydrazone groups is 1. The van der Waals surface area contributed by atoms with Crippen LogP contribution in [0.25, 0.3) is 0 Å². The molecule has 1 unspecified atom stereocenters. The number of para-hydroxylation sites is 2. The first kappa shape index (κ1) is 28.7. The van der Waals surface area contributed by atoms with Gasteiger partial charge in [0.15, 0.2) is 29.3 Å². The van der Waals surface area contributed by atoms with Gasteiger partial charge in [-0.15, -0.1) is 5.10 Å². The Balaban J connectivity index is 1.67. The maximum atomic E-state index is 13.1. The highest BCUT2D eigenvalue weighted by Gasteiger charge is 2.41. The Kier molecular flexibility index (Phi) is 8.20. The van der Waals surface area contributed by atoms with E-state index in [4.69, 9.17) is 14.6 Å². The van der Waals surface area contributed by atoms with Gasteiger partial charge in [-0.05, 0) is 79.9 Å². The summed E-state index contributed by atoms with van der Waals surface area (Å²) in [4.78, 5) is 17.1. The SMILES string of the molecule is COc1cccc(C2N(c3ccccc3)N=C(C(C)=O)N2c2ccc(N(C)C)cc2)c1OCc1c(C)cc(C)cc1C. The fraction of sp³-hybridized carbons (Fsp3) is 0.257. The molecule has 1 heterocycles. The van der Waals surface area contributed by atoms with Gasteiger partial charge < -0.3 is 14.4 Å². The number of carbonyl (C=O) groups is 1. The van der Waals surface area contributed by atoms with Crippen LogP contribution in [0, 0.1) is 20.8 Å². The van der Waals surface area contributed by atoms with Crippen molar-refractivity contribution in [2.24, 2.45) is 5.10 Å². The van der Waals surface area contributed by atoms with Gasteiger partial charge in [0.25, 0.3) is 0 Å². The molecular formula is C35H38N4O3. The van der Waals surface area contributed by atoms with Crippen molar-refractivity contribution in [1.82, 2.24) is 0 Å². The smallest absolute Gasteiger partial charge is 0.198 e. The first-order valence-electron chi connectivity index (χ1n) is 14.1. The number of amidine groups is 1. The zero-order valence-corrected chi connectivity index (χ0v) is 25.4. The van der Waals surface area contributed by atoms with Crippen LogP contribution < -0.4 is 24.3 Å². The fourth-order valence-corrected chi connectivity index (χ4v) is 5.53. The quantitative estimate of drug-likeness (QED) is 0.215. The van der Waals surface area contributed by atoms with E-state index in [-0.39, 0.29) is 5.78 Å². The first-order valence-corrected chi connectivity index (χ1v) is 14.1. The molecule has 0 aliphatic carbocycles. The maximum absolute atomic E-state index is 13.1. The summed E-state index contributed by atoms with van der Waals surface area (Å²) < 4.78 is 12.5. The summed E-state index contributed by atoms with van der Waals surface area (Å²) in [6.07, 6.45) is -0.512. The zero-order chi connectivity index (χ0) is 30.0. The molecule has 0 N–H and O–H groups in total. The summed E-state index contributed by atoms with van der Waals surface area (Å²) in [5.74, 6) is 1.44. The number of hydrogen-bond donors (Lipinski definition) is 0. The predicted molar refractivity (Wildman–Crippen MR) is 171 cm³/mol. The van der Waals surface area contributed by atoms with E-state index in [1.807, 2.05) is 102 Å². The van der Waals surface area contributed by atoms with Crippen molar-refractivity contribution in [3.05, 3.63) is 113 Å². The molecule has 0 amide bonds. The first-order chi connectivity index (χ1) is 20.2. The Morgan fingerprint density at radius 3 is 2.14 bits per heavy atom. The van der Waals surface area contributed by atoms with E-state index >= 15 is 0 Å². The highest BCUT2D eigenvalue weighted by atomic mass is 16.5. The van der Waals surface area contributed by atoms with Gasteiger partial charge in [0.05, 0.1) is 12.8 Å². The van der Waals surface area contributed by atoms with Crippen molar-refractivity contribution in [3.63, 3.8) is 0 Å². The van der Waals surface area contributed by atoms with E-state index in [9.17, 15) is 4.79 Å². The number of aryl methyl sites for hydroxylation is 3. The second-order valence-electron chi connectivity index (χ2n) is 10.9. The number of Topliss-reactive ketones (excluding diaryl/α,β-unsaturated/α-hetero) is 1. The number of rotatable bonds is 9. The van der Waals surface area contributed by atoms with Crippen LogP contribution in [0.3, 0.4) is 0 Å². The van der Waals surface area contributed by atoms with E-state index in [0.717, 1.165) is 28.2 Å². The van der Waals surface area contributed by atoms with E-state index in [0.29, 0.717) is 23.9 Å². The minimum absolute atomic E-state index is 0.133. The largest absolute Gasteiger partial charge is 0.493 e. The summed E-state index contributed by atoms with van der Waals surface area (Å²) in [6, 6.07) is 28.2. The van der Waals surface area contributed by atoms with Gasteiger partial charge in [-0.2, -0.15) is 0 Å². The van der Waals surface area contributed by atoms with Crippen molar-refractivity contribution in [2.45, 2.75) is 40.5 Å². The summed E-state index contributed by atoms with van der Waals surface area (Å²) in [5, 5.41) is 6.79. The molecule has 0 radical (unpaired) electrons. The monoisotopic (exact) mass is 562 g/mol. The molecule has 0 aromatic heterocycles. The molecule has 42 heavy (non-hydrogen) atoms. The maximum Gasteiger partial charge on any atom is 0.198 e. The third-order valence-corrected chi connectivity index (χ3v) is 7.60. The molecule has 1 aliphatic rings. The number of anilines is 3. The van der Waals surface area contributed by atoms with Crippen molar-refractivity contribution in [1.29, 1.82) is 0 Å². The van der Waals surface area contributed by atoms with E-state index in [1.54, 1.807) is 14.0 Å². The van der Waals surface area contributed by atoms with Gasteiger partial charge in [-0.1, -0.05) is 48.0 Å². The van der Waals surface area contributed by atoms with Crippen molar-refractivity contribution in [2.75, 3.05) is 36.0 Å². The number of ether oxygens (including phenoxy) is 2. The minimum atomic E-state index is -0.512. The minimum Gasteiger partial charge on any atom is -0.493 e. The van der Waals surface area contributed by atoms with Gasteiger partial charge in [0.1, 0.15) is 6.61 Å². The van der Waals surface area contributed by atoms with Gasteiger partial charge >= 0.3 is 0 Å². The molecule has 7 nitrogen and oxygen atoms in total. The fourth-order valence-electron chi connectivity index (χ4n) is 5.53. The number of methoxy groups -OCH3 is 1. The number of nitrogens with zero attached hydrogens (tertiary/aromatic N) is 4. The number of hydrogen-bond acceptors (Lipinski definition) is 7. The normalized spacial score (nSPS) is 14.5. The molecule has 5 rings (SSSR count). The van der Waals surface area contributed by atoms with Gasteiger partial charge in [0.2, 0.25) is 0 Å². The number of benzene rings is 4. The number of carbonyl (C=O) groups excluding carboxylic acids is 1. The number of ketones is 1. The lowest BCUT2D eigenvalue weighted by atomic mass is 10.0. The average Bonchev–Trinajstić information content (AvgIpc) is 3.38. The second kappa shape index (κ2) is 12.0. The lowest BCUT2D eigenvalue weighted by molar-refractivity contribution is -0.111. The lowest BCUT2D eigenvalue weighted by Gasteiger charge is -2.33. The average molecular weight is 563 g/mol. The van der Waals surface area contributed by atoms with Crippen LogP contribution in [0.5, 0.6) is 11.5 Å². The summed E-state index contributed by atoms with van der Waals surface area (Å²) in [6.45, 7) is 8.26.